The van der Waals surface area contributed by atoms with Crippen LogP contribution in [0.5, 0.6) is 17.2 Å². The first-order chi connectivity index (χ1) is 12.1. The van der Waals surface area contributed by atoms with Crippen molar-refractivity contribution in [2.45, 2.75) is 19.8 Å². The molecule has 0 saturated carbocycles. The molecular formula is C19H22N2O4. The molecule has 1 aliphatic rings. The van der Waals surface area contributed by atoms with Gasteiger partial charge in [-0.2, -0.15) is 0 Å². The van der Waals surface area contributed by atoms with Crippen LogP contribution in [0, 0.1) is 0 Å². The van der Waals surface area contributed by atoms with Gasteiger partial charge in [0.2, 0.25) is 6.79 Å². The molecule has 2 aromatic rings. The molecule has 0 unspecified atom stereocenters. The summed E-state index contributed by atoms with van der Waals surface area (Å²) in [5.74, 6) is 2.54. The SMILES string of the molecule is CC(C)c1ccc(NC(=O)NCCOc2ccc3c(c2)OCO3)cc1. The Hall–Kier alpha value is -2.89. The molecule has 2 N–H and O–H groups in total. The van der Waals surface area contributed by atoms with E-state index in [1.807, 2.05) is 30.3 Å². The molecule has 1 aliphatic heterocycles. The summed E-state index contributed by atoms with van der Waals surface area (Å²) in [6.45, 7) is 5.26. The fourth-order valence-electron chi connectivity index (χ4n) is 2.43. The van der Waals surface area contributed by atoms with Gasteiger partial charge in [0.1, 0.15) is 12.4 Å². The first-order valence-corrected chi connectivity index (χ1v) is 8.29. The normalized spacial score (nSPS) is 12.1. The van der Waals surface area contributed by atoms with E-state index in [1.54, 1.807) is 12.1 Å². The first-order valence-electron chi connectivity index (χ1n) is 8.29. The summed E-state index contributed by atoms with van der Waals surface area (Å²) < 4.78 is 16.1. The second-order valence-electron chi connectivity index (χ2n) is 6.02. The molecule has 25 heavy (non-hydrogen) atoms. The molecule has 0 saturated heterocycles. The highest BCUT2D eigenvalue weighted by atomic mass is 16.7. The molecule has 0 spiro atoms. The Morgan fingerprint density at radius 2 is 1.88 bits per heavy atom. The van der Waals surface area contributed by atoms with Gasteiger partial charge in [-0.25, -0.2) is 4.79 Å². The van der Waals surface area contributed by atoms with Crippen LogP contribution in [0.4, 0.5) is 10.5 Å². The number of nitrogens with one attached hydrogen (secondary N) is 2. The third-order valence-electron chi connectivity index (χ3n) is 3.84. The lowest BCUT2D eigenvalue weighted by Crippen LogP contribution is -2.32. The summed E-state index contributed by atoms with van der Waals surface area (Å²) >= 11 is 0. The van der Waals surface area contributed by atoms with Crippen LogP contribution in [0.25, 0.3) is 0 Å². The number of carbonyl (C=O) groups is 1. The van der Waals surface area contributed by atoms with Gasteiger partial charge in [-0.05, 0) is 35.7 Å². The summed E-state index contributed by atoms with van der Waals surface area (Å²) in [5.41, 5.74) is 2.00. The van der Waals surface area contributed by atoms with Crippen molar-refractivity contribution < 1.29 is 19.0 Å². The van der Waals surface area contributed by atoms with Crippen molar-refractivity contribution in [3.63, 3.8) is 0 Å². The van der Waals surface area contributed by atoms with Gasteiger partial charge in [-0.15, -0.1) is 0 Å². The van der Waals surface area contributed by atoms with Crippen molar-refractivity contribution in [3.05, 3.63) is 48.0 Å². The average Bonchev–Trinajstić information content (AvgIpc) is 3.07. The topological polar surface area (TPSA) is 68.8 Å². The molecule has 1 heterocycles. The Morgan fingerprint density at radius 1 is 1.12 bits per heavy atom. The summed E-state index contributed by atoms with van der Waals surface area (Å²) in [7, 11) is 0. The van der Waals surface area contributed by atoms with Gasteiger partial charge in [0, 0.05) is 11.8 Å². The van der Waals surface area contributed by atoms with E-state index >= 15 is 0 Å². The fourth-order valence-corrected chi connectivity index (χ4v) is 2.43. The predicted molar refractivity (Wildman–Crippen MR) is 95.6 cm³/mol. The van der Waals surface area contributed by atoms with Crippen molar-refractivity contribution in [2.24, 2.45) is 0 Å². The van der Waals surface area contributed by atoms with Crippen molar-refractivity contribution in [3.8, 4) is 17.2 Å². The van der Waals surface area contributed by atoms with E-state index in [0.29, 0.717) is 36.3 Å². The maximum atomic E-state index is 11.9. The zero-order valence-corrected chi connectivity index (χ0v) is 14.4. The number of rotatable bonds is 6. The third-order valence-corrected chi connectivity index (χ3v) is 3.84. The number of hydrogen-bond acceptors (Lipinski definition) is 4. The number of hydrogen-bond donors (Lipinski definition) is 2. The summed E-state index contributed by atoms with van der Waals surface area (Å²) in [6, 6.07) is 13.0. The van der Waals surface area contributed by atoms with Gasteiger partial charge in [0.05, 0.1) is 6.54 Å². The first kappa shape index (κ1) is 17.0. The minimum Gasteiger partial charge on any atom is -0.492 e. The molecule has 0 fully saturated rings. The van der Waals surface area contributed by atoms with E-state index in [1.165, 1.54) is 5.56 Å². The van der Waals surface area contributed by atoms with E-state index in [0.717, 1.165) is 5.69 Å². The number of ether oxygens (including phenoxy) is 3. The van der Waals surface area contributed by atoms with Crippen molar-refractivity contribution in [1.29, 1.82) is 0 Å². The largest absolute Gasteiger partial charge is 0.492 e. The van der Waals surface area contributed by atoms with Crippen LogP contribution < -0.4 is 24.8 Å². The van der Waals surface area contributed by atoms with Gasteiger partial charge >= 0.3 is 6.03 Å². The van der Waals surface area contributed by atoms with Crippen molar-refractivity contribution >= 4 is 11.7 Å². The molecule has 0 bridgehead atoms. The van der Waals surface area contributed by atoms with Gasteiger partial charge < -0.3 is 24.8 Å². The maximum Gasteiger partial charge on any atom is 0.319 e. The third kappa shape index (κ3) is 4.56. The van der Waals surface area contributed by atoms with Crippen LogP contribution in [0.15, 0.2) is 42.5 Å². The minimum absolute atomic E-state index is 0.235. The molecule has 2 aromatic carbocycles. The summed E-state index contributed by atoms with van der Waals surface area (Å²) in [5, 5.41) is 5.56. The standard InChI is InChI=1S/C19H22N2O4/c1-13(2)14-3-5-15(6-4-14)21-19(22)20-9-10-23-16-7-8-17-18(11-16)25-12-24-17/h3-8,11,13H,9-10,12H2,1-2H3,(H2,20,21,22). The molecule has 132 valence electrons. The van der Waals surface area contributed by atoms with E-state index in [9.17, 15) is 4.79 Å². The molecule has 6 nitrogen and oxygen atoms in total. The second kappa shape index (κ2) is 7.79. The van der Waals surface area contributed by atoms with E-state index < -0.39 is 0 Å². The Morgan fingerprint density at radius 3 is 2.64 bits per heavy atom. The Kier molecular flexibility index (Phi) is 5.28. The van der Waals surface area contributed by atoms with Gasteiger partial charge in [-0.1, -0.05) is 26.0 Å². The molecule has 0 atom stereocenters. The minimum atomic E-state index is -0.258. The van der Waals surface area contributed by atoms with E-state index in [2.05, 4.69) is 24.5 Å². The highest BCUT2D eigenvalue weighted by Gasteiger charge is 2.13. The summed E-state index contributed by atoms with van der Waals surface area (Å²) in [6.07, 6.45) is 0. The fraction of sp³-hybridized carbons (Fsp3) is 0.316. The lowest BCUT2D eigenvalue weighted by Gasteiger charge is -2.10. The highest BCUT2D eigenvalue weighted by Crippen LogP contribution is 2.34. The quantitative estimate of drug-likeness (QED) is 0.785. The number of carbonyl (C=O) groups excluding carboxylic acids is 1. The number of anilines is 1. The molecular weight excluding hydrogens is 320 g/mol. The predicted octanol–water partition coefficient (Wildman–Crippen LogP) is 3.74. The van der Waals surface area contributed by atoms with Gasteiger partial charge in [-0.3, -0.25) is 0 Å². The molecule has 3 rings (SSSR count). The Bertz CT molecular complexity index is 729. The molecule has 0 radical (unpaired) electrons. The number of fused-ring (bicyclic) bond motifs is 1. The molecule has 0 aromatic heterocycles. The Labute approximate surface area is 147 Å². The molecule has 2 amide bonds. The number of urea groups is 1. The Balaban J connectivity index is 1.39. The highest BCUT2D eigenvalue weighted by molar-refractivity contribution is 5.89. The van der Waals surface area contributed by atoms with Gasteiger partial charge in [0.15, 0.2) is 11.5 Å². The van der Waals surface area contributed by atoms with Crippen LogP contribution in [0.1, 0.15) is 25.3 Å². The van der Waals surface area contributed by atoms with Gasteiger partial charge in [0.25, 0.3) is 0 Å². The number of benzene rings is 2. The zero-order valence-electron chi connectivity index (χ0n) is 14.4. The number of amides is 2. The zero-order chi connectivity index (χ0) is 17.6. The molecule has 6 heteroatoms. The maximum absolute atomic E-state index is 11.9. The average molecular weight is 342 g/mol. The monoisotopic (exact) mass is 342 g/mol. The van der Waals surface area contributed by atoms with Crippen LogP contribution in [-0.4, -0.2) is 26.0 Å². The lowest BCUT2D eigenvalue weighted by molar-refractivity contribution is 0.173. The van der Waals surface area contributed by atoms with Crippen LogP contribution in [0.3, 0.4) is 0 Å². The summed E-state index contributed by atoms with van der Waals surface area (Å²) in [4.78, 5) is 11.9. The van der Waals surface area contributed by atoms with Crippen LogP contribution in [0.2, 0.25) is 0 Å². The van der Waals surface area contributed by atoms with E-state index in [4.69, 9.17) is 14.2 Å². The smallest absolute Gasteiger partial charge is 0.319 e. The van der Waals surface area contributed by atoms with Crippen LogP contribution in [-0.2, 0) is 0 Å². The second-order valence-corrected chi connectivity index (χ2v) is 6.02. The van der Waals surface area contributed by atoms with E-state index in [-0.39, 0.29) is 12.8 Å². The van der Waals surface area contributed by atoms with Crippen molar-refractivity contribution in [2.75, 3.05) is 25.3 Å². The molecule has 0 aliphatic carbocycles. The van der Waals surface area contributed by atoms with Crippen LogP contribution >= 0.6 is 0 Å². The van der Waals surface area contributed by atoms with Crippen molar-refractivity contribution in [1.82, 2.24) is 5.32 Å². The lowest BCUT2D eigenvalue weighted by atomic mass is 10.0.